The van der Waals surface area contributed by atoms with Crippen molar-refractivity contribution in [2.45, 2.75) is 38.8 Å². The highest BCUT2D eigenvalue weighted by Gasteiger charge is 2.20. The molecule has 0 saturated carbocycles. The number of benzene rings is 1. The predicted molar refractivity (Wildman–Crippen MR) is 140 cm³/mol. The zero-order chi connectivity index (χ0) is 25.7. The van der Waals surface area contributed by atoms with Crippen molar-refractivity contribution in [3.8, 4) is 22.8 Å². The van der Waals surface area contributed by atoms with Crippen LogP contribution >= 0.6 is 0 Å². The summed E-state index contributed by atoms with van der Waals surface area (Å²) >= 11 is 0. The van der Waals surface area contributed by atoms with Gasteiger partial charge in [-0.05, 0) is 56.2 Å². The van der Waals surface area contributed by atoms with Crippen LogP contribution in [-0.4, -0.2) is 64.2 Å². The minimum Gasteiger partial charge on any atom is -0.488 e. The molecule has 0 fully saturated rings. The highest BCUT2D eigenvalue weighted by atomic mass is 32.2. The molecule has 10 heteroatoms. The van der Waals surface area contributed by atoms with Crippen molar-refractivity contribution in [2.24, 2.45) is 9.98 Å². The van der Waals surface area contributed by atoms with Crippen LogP contribution in [-0.2, 0) is 19.3 Å². The van der Waals surface area contributed by atoms with E-state index < -0.39 is 9.84 Å². The third-order valence-electron chi connectivity index (χ3n) is 5.58. The van der Waals surface area contributed by atoms with Crippen molar-refractivity contribution >= 4 is 21.9 Å². The van der Waals surface area contributed by atoms with E-state index in [9.17, 15) is 8.42 Å². The SMILES string of the molecule is CCC1COC(c2ccc(-c3cc(OC4=CCC=C(S(C)(=O)=O)N=C4)cc(O[C@@H](C)COC)c3)[nH]2)=N1. The van der Waals surface area contributed by atoms with Crippen LogP contribution in [0.25, 0.3) is 11.3 Å². The molecule has 0 spiro atoms. The Bertz CT molecular complexity index is 1320. The minimum absolute atomic E-state index is 0.0183. The Morgan fingerprint density at radius 1 is 1.17 bits per heavy atom. The van der Waals surface area contributed by atoms with Crippen molar-refractivity contribution in [3.63, 3.8) is 0 Å². The zero-order valence-corrected chi connectivity index (χ0v) is 21.7. The van der Waals surface area contributed by atoms with Gasteiger partial charge in [0.15, 0.2) is 14.9 Å². The van der Waals surface area contributed by atoms with Gasteiger partial charge in [0.05, 0.1) is 18.9 Å². The number of hydrogen-bond acceptors (Lipinski definition) is 8. The van der Waals surface area contributed by atoms with Gasteiger partial charge < -0.3 is 23.9 Å². The molecular formula is C26H31N3O6S. The van der Waals surface area contributed by atoms with Gasteiger partial charge in [0.1, 0.15) is 35.7 Å². The second-order valence-corrected chi connectivity index (χ2v) is 10.6. The first-order valence-electron chi connectivity index (χ1n) is 11.8. The first-order valence-corrected chi connectivity index (χ1v) is 13.7. The first kappa shape index (κ1) is 25.7. The van der Waals surface area contributed by atoms with Crippen LogP contribution < -0.4 is 9.47 Å². The van der Waals surface area contributed by atoms with E-state index in [4.69, 9.17) is 18.9 Å². The lowest BCUT2D eigenvalue weighted by atomic mass is 10.1. The monoisotopic (exact) mass is 513 g/mol. The minimum atomic E-state index is -3.41. The van der Waals surface area contributed by atoms with Gasteiger partial charge in [-0.1, -0.05) is 6.92 Å². The maximum Gasteiger partial charge on any atom is 0.233 e. The van der Waals surface area contributed by atoms with Crippen LogP contribution in [0, 0.1) is 0 Å². The van der Waals surface area contributed by atoms with Crippen molar-refractivity contribution < 1.29 is 27.4 Å². The smallest absolute Gasteiger partial charge is 0.233 e. The number of aromatic nitrogens is 1. The summed E-state index contributed by atoms with van der Waals surface area (Å²) in [5, 5.41) is 0.0183. The molecule has 0 radical (unpaired) electrons. The normalized spacial score (nSPS) is 18.6. The van der Waals surface area contributed by atoms with E-state index in [1.165, 1.54) is 6.21 Å². The fourth-order valence-corrected chi connectivity index (χ4v) is 4.42. The van der Waals surface area contributed by atoms with Crippen molar-refractivity contribution in [3.05, 3.63) is 59.0 Å². The molecule has 2 aliphatic heterocycles. The Kier molecular flexibility index (Phi) is 7.95. The summed E-state index contributed by atoms with van der Waals surface area (Å²) in [7, 11) is -1.78. The van der Waals surface area contributed by atoms with Crippen LogP contribution in [0.1, 0.15) is 32.4 Å². The van der Waals surface area contributed by atoms with E-state index in [-0.39, 0.29) is 17.2 Å². The molecule has 1 aromatic heterocycles. The Morgan fingerprint density at radius 3 is 2.67 bits per heavy atom. The number of hydrogen-bond donors (Lipinski definition) is 1. The second kappa shape index (κ2) is 11.1. The van der Waals surface area contributed by atoms with Gasteiger partial charge in [-0.2, -0.15) is 0 Å². The fraction of sp³-hybridized carbons (Fsp3) is 0.385. The van der Waals surface area contributed by atoms with Gasteiger partial charge in [-0.3, -0.25) is 0 Å². The van der Waals surface area contributed by atoms with E-state index in [2.05, 4.69) is 21.9 Å². The number of allylic oxidation sites excluding steroid dienone is 3. The number of nitrogens with zero attached hydrogens (tertiary/aromatic N) is 2. The summed E-state index contributed by atoms with van der Waals surface area (Å²) < 4.78 is 46.8. The molecule has 0 aliphatic carbocycles. The maximum atomic E-state index is 11.8. The lowest BCUT2D eigenvalue weighted by molar-refractivity contribution is 0.0920. The van der Waals surface area contributed by atoms with Gasteiger partial charge in [-0.15, -0.1) is 0 Å². The Hall–Kier alpha value is -3.37. The van der Waals surface area contributed by atoms with E-state index in [0.29, 0.717) is 42.8 Å². The fourth-order valence-electron chi connectivity index (χ4n) is 3.78. The number of ether oxygens (including phenoxy) is 4. The molecule has 3 heterocycles. The molecule has 1 aromatic carbocycles. The molecule has 2 aliphatic rings. The predicted octanol–water partition coefficient (Wildman–Crippen LogP) is 4.27. The summed E-state index contributed by atoms with van der Waals surface area (Å²) in [4.78, 5) is 12.1. The highest BCUT2D eigenvalue weighted by molar-refractivity contribution is 7.94. The average Bonchev–Trinajstić information content (AvgIpc) is 3.44. The molecule has 9 nitrogen and oxygen atoms in total. The average molecular weight is 514 g/mol. The number of H-pyrrole nitrogens is 1. The number of methoxy groups -OCH3 is 1. The lowest BCUT2D eigenvalue weighted by Crippen LogP contribution is -2.18. The van der Waals surface area contributed by atoms with Crippen LogP contribution in [0.3, 0.4) is 0 Å². The third kappa shape index (κ3) is 6.44. The molecule has 192 valence electrons. The number of sulfone groups is 1. The van der Waals surface area contributed by atoms with E-state index in [0.717, 1.165) is 29.6 Å². The van der Waals surface area contributed by atoms with Crippen molar-refractivity contribution in [1.29, 1.82) is 0 Å². The van der Waals surface area contributed by atoms with Crippen molar-refractivity contribution in [1.82, 2.24) is 4.98 Å². The lowest BCUT2D eigenvalue weighted by Gasteiger charge is -2.16. The van der Waals surface area contributed by atoms with Crippen LogP contribution in [0.2, 0.25) is 0 Å². The summed E-state index contributed by atoms with van der Waals surface area (Å²) in [6.07, 6.45) is 7.00. The van der Waals surface area contributed by atoms with Crippen LogP contribution in [0.15, 0.2) is 63.3 Å². The summed E-state index contributed by atoms with van der Waals surface area (Å²) in [5.41, 5.74) is 2.49. The first-order chi connectivity index (χ1) is 17.2. The number of aliphatic imine (C=N–C) groups is 2. The largest absolute Gasteiger partial charge is 0.488 e. The molecule has 0 amide bonds. The van der Waals surface area contributed by atoms with E-state index in [1.54, 1.807) is 25.3 Å². The zero-order valence-electron chi connectivity index (χ0n) is 20.9. The molecule has 0 saturated heterocycles. The quantitative estimate of drug-likeness (QED) is 0.508. The van der Waals surface area contributed by atoms with E-state index >= 15 is 0 Å². The van der Waals surface area contributed by atoms with Crippen LogP contribution in [0.5, 0.6) is 11.5 Å². The topological polar surface area (TPSA) is 112 Å². The molecule has 0 bridgehead atoms. The van der Waals surface area contributed by atoms with Gasteiger partial charge in [0.2, 0.25) is 5.90 Å². The molecule has 36 heavy (non-hydrogen) atoms. The highest BCUT2D eigenvalue weighted by Crippen LogP contribution is 2.32. The number of nitrogens with one attached hydrogen (secondary N) is 1. The second-order valence-electron chi connectivity index (χ2n) is 8.69. The summed E-state index contributed by atoms with van der Waals surface area (Å²) in [6.45, 7) is 5.03. The van der Waals surface area contributed by atoms with Gasteiger partial charge in [0, 0.05) is 30.7 Å². The summed E-state index contributed by atoms with van der Waals surface area (Å²) in [5.74, 6) is 2.17. The third-order valence-corrected chi connectivity index (χ3v) is 6.61. The maximum absolute atomic E-state index is 11.8. The Labute approximate surface area is 211 Å². The van der Waals surface area contributed by atoms with Crippen molar-refractivity contribution in [2.75, 3.05) is 26.6 Å². The molecule has 4 rings (SSSR count). The molecule has 1 unspecified atom stereocenters. The van der Waals surface area contributed by atoms with Gasteiger partial charge >= 0.3 is 0 Å². The summed E-state index contributed by atoms with van der Waals surface area (Å²) in [6, 6.07) is 9.64. The molecule has 2 aromatic rings. The van der Waals surface area contributed by atoms with Gasteiger partial charge in [0.25, 0.3) is 0 Å². The van der Waals surface area contributed by atoms with Crippen LogP contribution in [0.4, 0.5) is 0 Å². The molecule has 1 N–H and O–H groups in total. The standard InChI is InChI=1S/C26H31N3O6S/c1-5-19-16-33-26(28-19)24-10-9-23(29-24)18-11-21(34-17(2)15-32-3)13-22(12-18)35-20-7-6-8-25(27-14-20)36(4,30)31/h7-14,17,19,29H,5-6,15-16H2,1-4H3/t17-,19?/m0/s1. The molecule has 2 atom stereocenters. The van der Waals surface area contributed by atoms with E-state index in [1.807, 2.05) is 31.2 Å². The molecular weight excluding hydrogens is 482 g/mol. The number of aromatic amines is 1. The van der Waals surface area contributed by atoms with Gasteiger partial charge in [-0.25, -0.2) is 18.4 Å². The number of rotatable bonds is 10. The Morgan fingerprint density at radius 2 is 1.94 bits per heavy atom. The Balaban J connectivity index is 1.62.